The molecule has 1 aromatic heterocycles. The molecule has 0 aliphatic rings. The molecule has 0 spiro atoms. The van der Waals surface area contributed by atoms with Gasteiger partial charge in [0.15, 0.2) is 5.69 Å². The second-order valence-corrected chi connectivity index (χ2v) is 6.33. The number of nitrogens with one attached hydrogen (secondary N) is 2. The van der Waals surface area contributed by atoms with E-state index in [1.807, 2.05) is 55.5 Å². The second kappa shape index (κ2) is 8.45. The summed E-state index contributed by atoms with van der Waals surface area (Å²) in [5.41, 5.74) is 3.59. The summed E-state index contributed by atoms with van der Waals surface area (Å²) in [6, 6.07) is 18.9. The molecule has 26 heavy (non-hydrogen) atoms. The highest BCUT2D eigenvalue weighted by atomic mass is 35.5. The zero-order valence-corrected chi connectivity index (χ0v) is 15.1. The highest BCUT2D eigenvalue weighted by Crippen LogP contribution is 2.11. The molecule has 6 heteroatoms. The van der Waals surface area contributed by atoms with Crippen molar-refractivity contribution in [3.63, 3.8) is 0 Å². The zero-order valence-electron chi connectivity index (χ0n) is 14.4. The van der Waals surface area contributed by atoms with Gasteiger partial charge in [0.1, 0.15) is 5.82 Å². The number of carbonyl (C=O) groups is 1. The van der Waals surface area contributed by atoms with E-state index in [1.54, 1.807) is 12.1 Å². The molecule has 1 amide bonds. The number of anilines is 1. The molecule has 132 valence electrons. The highest BCUT2D eigenvalue weighted by molar-refractivity contribution is 6.30. The van der Waals surface area contributed by atoms with Gasteiger partial charge in [0.05, 0.1) is 0 Å². The Labute approximate surface area is 157 Å². The molecule has 0 radical (unpaired) electrons. The predicted molar refractivity (Wildman–Crippen MR) is 103 cm³/mol. The van der Waals surface area contributed by atoms with Gasteiger partial charge in [-0.05, 0) is 47.9 Å². The van der Waals surface area contributed by atoms with Crippen molar-refractivity contribution in [2.45, 2.75) is 20.0 Å². The fraction of sp³-hybridized carbons (Fsp3) is 0.150. The van der Waals surface area contributed by atoms with Crippen LogP contribution in [0.4, 0.5) is 5.82 Å². The Bertz CT molecular complexity index is 879. The average Bonchev–Trinajstić information content (AvgIpc) is 2.67. The number of hydrogen-bond acceptors (Lipinski definition) is 4. The van der Waals surface area contributed by atoms with E-state index in [4.69, 9.17) is 11.6 Å². The van der Waals surface area contributed by atoms with Crippen LogP contribution in [0.25, 0.3) is 0 Å². The van der Waals surface area contributed by atoms with Crippen molar-refractivity contribution in [3.05, 3.63) is 88.1 Å². The van der Waals surface area contributed by atoms with E-state index in [0.29, 0.717) is 23.9 Å². The fourth-order valence-electron chi connectivity index (χ4n) is 2.42. The van der Waals surface area contributed by atoms with Crippen molar-refractivity contribution in [3.8, 4) is 0 Å². The smallest absolute Gasteiger partial charge is 0.272 e. The van der Waals surface area contributed by atoms with E-state index in [-0.39, 0.29) is 11.6 Å². The van der Waals surface area contributed by atoms with Gasteiger partial charge >= 0.3 is 0 Å². The van der Waals surface area contributed by atoms with E-state index in [9.17, 15) is 4.79 Å². The van der Waals surface area contributed by atoms with Gasteiger partial charge in [0, 0.05) is 18.1 Å². The number of hydrogen-bond donors (Lipinski definition) is 2. The normalized spacial score (nSPS) is 10.4. The van der Waals surface area contributed by atoms with Crippen molar-refractivity contribution >= 4 is 23.3 Å². The maximum absolute atomic E-state index is 12.2. The number of carbonyl (C=O) groups excluding carboxylic acids is 1. The van der Waals surface area contributed by atoms with E-state index in [1.165, 1.54) is 0 Å². The summed E-state index contributed by atoms with van der Waals surface area (Å²) in [6.45, 7) is 3.08. The lowest BCUT2D eigenvalue weighted by atomic mass is 10.1. The Hall–Kier alpha value is -2.92. The minimum Gasteiger partial charge on any atom is -0.365 e. The monoisotopic (exact) mass is 366 g/mol. The third-order valence-electron chi connectivity index (χ3n) is 3.98. The van der Waals surface area contributed by atoms with Crippen LogP contribution in [0, 0.1) is 6.92 Å². The first-order valence-corrected chi connectivity index (χ1v) is 8.64. The Balaban J connectivity index is 1.54. The van der Waals surface area contributed by atoms with Crippen LogP contribution in [0.5, 0.6) is 0 Å². The minimum absolute atomic E-state index is 0.245. The molecule has 2 aromatic carbocycles. The van der Waals surface area contributed by atoms with E-state index < -0.39 is 0 Å². The van der Waals surface area contributed by atoms with Gasteiger partial charge in [-0.15, -0.1) is 10.2 Å². The first kappa shape index (κ1) is 17.9. The number of aromatic nitrogens is 2. The summed E-state index contributed by atoms with van der Waals surface area (Å²) in [6.07, 6.45) is 0. The lowest BCUT2D eigenvalue weighted by Gasteiger charge is -2.08. The van der Waals surface area contributed by atoms with Crippen LogP contribution in [0.1, 0.15) is 27.2 Å². The summed E-state index contributed by atoms with van der Waals surface area (Å²) in [5, 5.41) is 14.8. The Morgan fingerprint density at radius 3 is 2.42 bits per heavy atom. The van der Waals surface area contributed by atoms with Crippen LogP contribution in [0.3, 0.4) is 0 Å². The van der Waals surface area contributed by atoms with Gasteiger partial charge in [-0.3, -0.25) is 4.79 Å². The van der Waals surface area contributed by atoms with Crippen molar-refractivity contribution in [2.24, 2.45) is 0 Å². The molecule has 0 aliphatic heterocycles. The van der Waals surface area contributed by atoms with Crippen molar-refractivity contribution in [2.75, 3.05) is 5.32 Å². The summed E-state index contributed by atoms with van der Waals surface area (Å²) in [4.78, 5) is 12.2. The first-order chi connectivity index (χ1) is 12.6. The highest BCUT2D eigenvalue weighted by Gasteiger charge is 2.08. The second-order valence-electron chi connectivity index (χ2n) is 5.89. The van der Waals surface area contributed by atoms with Gasteiger partial charge in [0.2, 0.25) is 0 Å². The van der Waals surface area contributed by atoms with E-state index in [2.05, 4.69) is 20.8 Å². The Morgan fingerprint density at radius 1 is 0.962 bits per heavy atom. The van der Waals surface area contributed by atoms with E-state index >= 15 is 0 Å². The maximum Gasteiger partial charge on any atom is 0.272 e. The van der Waals surface area contributed by atoms with Crippen LogP contribution in [-0.2, 0) is 13.1 Å². The van der Waals surface area contributed by atoms with Gasteiger partial charge in [-0.2, -0.15) is 0 Å². The van der Waals surface area contributed by atoms with Gasteiger partial charge in [-0.1, -0.05) is 48.0 Å². The molecule has 3 rings (SSSR count). The topological polar surface area (TPSA) is 66.9 Å². The number of benzene rings is 2. The number of nitrogens with zero attached hydrogens (tertiary/aromatic N) is 2. The van der Waals surface area contributed by atoms with Crippen LogP contribution in [0.15, 0.2) is 60.7 Å². The summed E-state index contributed by atoms with van der Waals surface area (Å²) < 4.78 is 0. The van der Waals surface area contributed by atoms with Crippen LogP contribution in [0.2, 0.25) is 5.02 Å². The molecular formula is C20H19ClN4O. The van der Waals surface area contributed by atoms with Crippen molar-refractivity contribution in [1.29, 1.82) is 0 Å². The van der Waals surface area contributed by atoms with Gasteiger partial charge < -0.3 is 10.6 Å². The van der Waals surface area contributed by atoms with Crippen molar-refractivity contribution < 1.29 is 4.79 Å². The summed E-state index contributed by atoms with van der Waals surface area (Å²) >= 11 is 5.87. The first-order valence-electron chi connectivity index (χ1n) is 8.26. The molecule has 1 heterocycles. The zero-order chi connectivity index (χ0) is 18.4. The standard InChI is InChI=1S/C20H19ClN4O/c1-14-4-2-3-5-16(14)13-23-20(26)18-10-11-19(25-24-18)22-12-15-6-8-17(21)9-7-15/h2-11H,12-13H2,1H3,(H,22,25)(H,23,26). The molecule has 0 fully saturated rings. The molecule has 0 saturated carbocycles. The minimum atomic E-state index is -0.245. The predicted octanol–water partition coefficient (Wildman–Crippen LogP) is 3.98. The van der Waals surface area contributed by atoms with Gasteiger partial charge in [0.25, 0.3) is 5.91 Å². The SMILES string of the molecule is Cc1ccccc1CNC(=O)c1ccc(NCc2ccc(Cl)cc2)nn1. The lowest BCUT2D eigenvalue weighted by molar-refractivity contribution is 0.0945. The molecular weight excluding hydrogens is 348 g/mol. The molecule has 0 aliphatic carbocycles. The third-order valence-corrected chi connectivity index (χ3v) is 4.24. The Morgan fingerprint density at radius 2 is 1.73 bits per heavy atom. The van der Waals surface area contributed by atoms with Crippen LogP contribution >= 0.6 is 11.6 Å². The molecule has 0 saturated heterocycles. The molecule has 3 aromatic rings. The molecule has 5 nitrogen and oxygen atoms in total. The number of aryl methyl sites for hydroxylation is 1. The lowest BCUT2D eigenvalue weighted by Crippen LogP contribution is -2.24. The van der Waals surface area contributed by atoms with Crippen molar-refractivity contribution in [1.82, 2.24) is 15.5 Å². The van der Waals surface area contributed by atoms with Gasteiger partial charge in [-0.25, -0.2) is 0 Å². The number of rotatable bonds is 6. The van der Waals surface area contributed by atoms with Crippen LogP contribution in [-0.4, -0.2) is 16.1 Å². The quantitative estimate of drug-likeness (QED) is 0.692. The summed E-state index contributed by atoms with van der Waals surface area (Å²) in [7, 11) is 0. The average molecular weight is 367 g/mol. The molecule has 0 unspecified atom stereocenters. The summed E-state index contributed by atoms with van der Waals surface area (Å²) in [5.74, 6) is 0.361. The number of halogens is 1. The number of amides is 1. The third kappa shape index (κ3) is 4.80. The fourth-order valence-corrected chi connectivity index (χ4v) is 2.54. The Kier molecular flexibility index (Phi) is 5.81. The molecule has 0 bridgehead atoms. The molecule has 0 atom stereocenters. The molecule has 2 N–H and O–H groups in total. The maximum atomic E-state index is 12.2. The van der Waals surface area contributed by atoms with E-state index in [0.717, 1.165) is 16.7 Å². The largest absolute Gasteiger partial charge is 0.365 e. The van der Waals surface area contributed by atoms with Crippen LogP contribution < -0.4 is 10.6 Å².